The van der Waals surface area contributed by atoms with Gasteiger partial charge in [-0.25, -0.2) is 0 Å². The van der Waals surface area contributed by atoms with Crippen LogP contribution in [0.4, 0.5) is 5.69 Å². The quantitative estimate of drug-likeness (QED) is 0.220. The van der Waals surface area contributed by atoms with Gasteiger partial charge in [-0.2, -0.15) is 0 Å². The number of aromatic nitrogens is 3. The van der Waals surface area contributed by atoms with Crippen LogP contribution in [0.15, 0.2) is 90.1 Å². The summed E-state index contributed by atoms with van der Waals surface area (Å²) in [6.45, 7) is 5.20. The third-order valence-electron chi connectivity index (χ3n) is 6.25. The number of anilines is 1. The molecule has 1 amide bonds. The van der Waals surface area contributed by atoms with E-state index in [-0.39, 0.29) is 11.9 Å². The van der Waals surface area contributed by atoms with E-state index in [9.17, 15) is 4.79 Å². The average molecular weight is 530 g/mol. The molecule has 0 aliphatic rings. The van der Waals surface area contributed by atoms with Crippen molar-refractivity contribution < 1.29 is 9.53 Å². The summed E-state index contributed by atoms with van der Waals surface area (Å²) < 4.78 is 7.88. The van der Waals surface area contributed by atoms with Crippen LogP contribution in [0.3, 0.4) is 0 Å². The Morgan fingerprint density at radius 3 is 2.26 bits per heavy atom. The van der Waals surface area contributed by atoms with E-state index in [1.807, 2.05) is 79.7 Å². The number of amides is 1. The summed E-state index contributed by atoms with van der Waals surface area (Å²) in [5.41, 5.74) is 2.68. The van der Waals surface area contributed by atoms with Gasteiger partial charge in [0, 0.05) is 0 Å². The van der Waals surface area contributed by atoms with Crippen LogP contribution in [-0.4, -0.2) is 46.3 Å². The summed E-state index contributed by atoms with van der Waals surface area (Å²) in [5.74, 6) is 1.38. The van der Waals surface area contributed by atoms with Gasteiger partial charge in [0.1, 0.15) is 11.0 Å². The summed E-state index contributed by atoms with van der Waals surface area (Å²) in [4.78, 5) is 16.0. The molecule has 4 rings (SSSR count). The maximum absolute atomic E-state index is 13.8. The predicted octanol–water partition coefficient (Wildman–Crippen LogP) is 6.21. The van der Waals surface area contributed by atoms with Crippen LogP contribution in [0, 0.1) is 0 Å². The molecule has 2 unspecified atom stereocenters. The van der Waals surface area contributed by atoms with E-state index >= 15 is 0 Å². The van der Waals surface area contributed by atoms with Gasteiger partial charge in [-0.15, -0.1) is 10.2 Å². The second-order valence-electron chi connectivity index (χ2n) is 9.13. The lowest BCUT2D eigenvalue weighted by molar-refractivity contribution is -0.115. The number of hydrogen-bond acceptors (Lipinski definition) is 6. The summed E-state index contributed by atoms with van der Waals surface area (Å²) in [6.07, 6.45) is 0.890. The smallest absolute Gasteiger partial charge is 0.242 e. The number of para-hydroxylation sites is 2. The molecule has 2 atom stereocenters. The molecule has 0 aliphatic heterocycles. The molecule has 0 saturated heterocycles. The van der Waals surface area contributed by atoms with Gasteiger partial charge in [0.25, 0.3) is 0 Å². The Kier molecular flexibility index (Phi) is 9.56. The largest absolute Gasteiger partial charge is 0.492 e. The molecule has 0 saturated carbocycles. The van der Waals surface area contributed by atoms with Gasteiger partial charge in [-0.05, 0) is 50.7 Å². The number of nitrogens with one attached hydrogen (secondary N) is 1. The number of ether oxygens (including phenoxy) is 1. The third kappa shape index (κ3) is 6.62. The second-order valence-corrected chi connectivity index (χ2v) is 10.2. The predicted molar refractivity (Wildman–Crippen MR) is 154 cm³/mol. The topological polar surface area (TPSA) is 72.3 Å². The molecule has 1 aromatic heterocycles. The summed E-state index contributed by atoms with van der Waals surface area (Å²) in [5, 5.41) is 12.5. The van der Waals surface area contributed by atoms with Crippen molar-refractivity contribution in [1.29, 1.82) is 0 Å². The van der Waals surface area contributed by atoms with E-state index in [0.29, 0.717) is 29.7 Å². The lowest BCUT2D eigenvalue weighted by Gasteiger charge is -2.24. The summed E-state index contributed by atoms with van der Waals surface area (Å²) in [7, 11) is 4.11. The second kappa shape index (κ2) is 13.3. The van der Waals surface area contributed by atoms with E-state index in [1.54, 1.807) is 0 Å². The van der Waals surface area contributed by atoms with Gasteiger partial charge in [-0.3, -0.25) is 9.69 Å². The zero-order valence-corrected chi connectivity index (χ0v) is 23.2. The van der Waals surface area contributed by atoms with Gasteiger partial charge < -0.3 is 14.6 Å². The van der Waals surface area contributed by atoms with Crippen LogP contribution < -0.4 is 10.1 Å². The van der Waals surface area contributed by atoms with E-state index in [2.05, 4.69) is 58.1 Å². The minimum Gasteiger partial charge on any atom is -0.492 e. The summed E-state index contributed by atoms with van der Waals surface area (Å²) in [6, 6.07) is 27.7. The SMILES string of the molecule is CCOc1ccccc1NC(=O)C(Sc1nnc(C(CC)N(C)C)n1Cc1ccccc1)c1ccccc1. The van der Waals surface area contributed by atoms with Gasteiger partial charge >= 0.3 is 0 Å². The minimum atomic E-state index is -0.545. The molecule has 1 heterocycles. The highest BCUT2D eigenvalue weighted by molar-refractivity contribution is 8.00. The van der Waals surface area contributed by atoms with E-state index in [1.165, 1.54) is 11.8 Å². The number of nitrogens with zero attached hydrogens (tertiary/aromatic N) is 4. The number of benzene rings is 3. The normalized spacial score (nSPS) is 12.8. The molecule has 8 heteroatoms. The molecule has 0 spiro atoms. The zero-order chi connectivity index (χ0) is 26.9. The molecule has 0 bridgehead atoms. The Morgan fingerprint density at radius 1 is 0.947 bits per heavy atom. The molecule has 198 valence electrons. The number of rotatable bonds is 12. The molecular formula is C30H35N5O2S. The first-order valence-electron chi connectivity index (χ1n) is 12.9. The molecule has 0 aliphatic carbocycles. The minimum absolute atomic E-state index is 0.0997. The molecule has 3 aromatic carbocycles. The summed E-state index contributed by atoms with van der Waals surface area (Å²) >= 11 is 1.41. The van der Waals surface area contributed by atoms with Crippen molar-refractivity contribution >= 4 is 23.4 Å². The fraction of sp³-hybridized carbons (Fsp3) is 0.300. The molecule has 0 fully saturated rings. The first-order valence-corrected chi connectivity index (χ1v) is 13.8. The fourth-order valence-electron chi connectivity index (χ4n) is 4.38. The van der Waals surface area contributed by atoms with Crippen LogP contribution in [0.5, 0.6) is 5.75 Å². The molecular weight excluding hydrogens is 494 g/mol. The van der Waals surface area contributed by atoms with Gasteiger partial charge in [0.2, 0.25) is 5.91 Å². The van der Waals surface area contributed by atoms with Gasteiger partial charge in [-0.1, -0.05) is 91.5 Å². The maximum atomic E-state index is 13.8. The first-order chi connectivity index (χ1) is 18.5. The molecule has 38 heavy (non-hydrogen) atoms. The Morgan fingerprint density at radius 2 is 1.61 bits per heavy atom. The Bertz CT molecular complexity index is 1310. The van der Waals surface area contributed by atoms with Crippen molar-refractivity contribution in [1.82, 2.24) is 19.7 Å². The zero-order valence-electron chi connectivity index (χ0n) is 22.4. The first kappa shape index (κ1) is 27.4. The number of thioether (sulfide) groups is 1. The molecule has 7 nitrogen and oxygen atoms in total. The van der Waals surface area contributed by atoms with Crippen LogP contribution in [0.25, 0.3) is 0 Å². The standard InChI is InChI=1S/C30H35N5O2S/c1-5-25(34(3)4)28-32-33-30(35(28)21-22-15-9-7-10-16-22)38-27(23-17-11-8-12-18-23)29(36)31-24-19-13-14-20-26(24)37-6-2/h7-20,25,27H,5-6,21H2,1-4H3,(H,31,36). The Hall–Kier alpha value is -3.62. The van der Waals surface area contributed by atoms with E-state index < -0.39 is 5.25 Å². The van der Waals surface area contributed by atoms with E-state index in [0.717, 1.165) is 23.4 Å². The molecule has 0 radical (unpaired) electrons. The van der Waals surface area contributed by atoms with Gasteiger partial charge in [0.05, 0.1) is 24.9 Å². The number of carbonyl (C=O) groups excluding carboxylic acids is 1. The lowest BCUT2D eigenvalue weighted by Crippen LogP contribution is -2.24. The third-order valence-corrected chi connectivity index (χ3v) is 7.48. The van der Waals surface area contributed by atoms with E-state index in [4.69, 9.17) is 4.74 Å². The van der Waals surface area contributed by atoms with Crippen LogP contribution in [0.2, 0.25) is 0 Å². The van der Waals surface area contributed by atoms with Gasteiger partial charge in [0.15, 0.2) is 11.0 Å². The van der Waals surface area contributed by atoms with Crippen molar-refractivity contribution in [3.63, 3.8) is 0 Å². The Labute approximate surface area is 229 Å². The number of carbonyl (C=O) groups is 1. The monoisotopic (exact) mass is 529 g/mol. The van der Waals surface area contributed by atoms with Crippen molar-refractivity contribution in [2.75, 3.05) is 26.0 Å². The molecule has 1 N–H and O–H groups in total. The number of hydrogen-bond donors (Lipinski definition) is 1. The van der Waals surface area contributed by atoms with Crippen LogP contribution in [-0.2, 0) is 11.3 Å². The highest BCUT2D eigenvalue weighted by Crippen LogP contribution is 2.38. The van der Waals surface area contributed by atoms with Crippen molar-refractivity contribution in [3.8, 4) is 5.75 Å². The highest BCUT2D eigenvalue weighted by Gasteiger charge is 2.28. The van der Waals surface area contributed by atoms with Crippen molar-refractivity contribution in [2.45, 2.75) is 43.3 Å². The maximum Gasteiger partial charge on any atom is 0.242 e. The van der Waals surface area contributed by atoms with Crippen LogP contribution in [0.1, 0.15) is 48.5 Å². The Balaban J connectivity index is 1.71. The molecule has 4 aromatic rings. The fourth-order valence-corrected chi connectivity index (χ4v) is 5.43. The average Bonchev–Trinajstić information content (AvgIpc) is 3.31. The lowest BCUT2D eigenvalue weighted by atomic mass is 10.1. The van der Waals surface area contributed by atoms with Crippen molar-refractivity contribution in [3.05, 3.63) is 102 Å². The highest BCUT2D eigenvalue weighted by atomic mass is 32.2. The van der Waals surface area contributed by atoms with Crippen molar-refractivity contribution in [2.24, 2.45) is 0 Å². The van der Waals surface area contributed by atoms with Crippen LogP contribution >= 0.6 is 11.8 Å².